The van der Waals surface area contributed by atoms with Gasteiger partial charge < -0.3 is 9.64 Å². The number of aromatic amines is 2. The molecule has 0 aliphatic rings. The number of para-hydroxylation sites is 1. The number of likely N-dealkylation sites (N-methyl/N-ethyl adjacent to an activating group) is 1. The first-order valence-electron chi connectivity index (χ1n) is 7.54. The average molecular weight is 318 g/mol. The molecule has 0 saturated carbocycles. The van der Waals surface area contributed by atoms with E-state index in [1.54, 1.807) is 11.9 Å². The van der Waals surface area contributed by atoms with E-state index in [4.69, 9.17) is 4.74 Å². The largest absolute Gasteiger partial charge is 0.493 e. The highest BCUT2D eigenvalue weighted by Crippen LogP contribution is 2.22. The fourth-order valence-corrected chi connectivity index (χ4v) is 2.29. The van der Waals surface area contributed by atoms with Gasteiger partial charge in [-0.25, -0.2) is 9.89 Å². The van der Waals surface area contributed by atoms with Crippen molar-refractivity contribution in [2.24, 2.45) is 0 Å². The van der Waals surface area contributed by atoms with E-state index in [-0.39, 0.29) is 12.3 Å². The Bertz CT molecular complexity index is 700. The number of amides is 1. The molecular weight excluding hydrogens is 296 g/mol. The van der Waals surface area contributed by atoms with Gasteiger partial charge in [-0.15, -0.1) is 0 Å². The van der Waals surface area contributed by atoms with Crippen molar-refractivity contribution in [3.8, 4) is 5.75 Å². The van der Waals surface area contributed by atoms with Gasteiger partial charge in [-0.05, 0) is 31.4 Å². The van der Waals surface area contributed by atoms with Crippen LogP contribution >= 0.6 is 0 Å². The van der Waals surface area contributed by atoms with Crippen LogP contribution in [-0.4, -0.2) is 46.2 Å². The highest BCUT2D eigenvalue weighted by atomic mass is 16.5. The van der Waals surface area contributed by atoms with Crippen LogP contribution < -0.4 is 10.4 Å². The molecule has 0 aliphatic carbocycles. The lowest BCUT2D eigenvalue weighted by atomic mass is 10.1. The summed E-state index contributed by atoms with van der Waals surface area (Å²) in [4.78, 5) is 27.0. The third-order valence-corrected chi connectivity index (χ3v) is 3.59. The van der Waals surface area contributed by atoms with E-state index in [1.807, 2.05) is 32.0 Å². The van der Waals surface area contributed by atoms with Crippen molar-refractivity contribution in [3.05, 3.63) is 45.6 Å². The van der Waals surface area contributed by atoms with Crippen molar-refractivity contribution in [2.75, 3.05) is 20.2 Å². The number of aryl methyl sites for hydroxylation is 2. The Labute approximate surface area is 134 Å². The maximum Gasteiger partial charge on any atom is 0.340 e. The first kappa shape index (κ1) is 16.8. The highest BCUT2D eigenvalue weighted by Gasteiger charge is 2.12. The number of H-pyrrole nitrogens is 2. The topological polar surface area (TPSA) is 91.1 Å². The van der Waals surface area contributed by atoms with Gasteiger partial charge >= 0.3 is 5.69 Å². The average Bonchev–Trinajstić information content (AvgIpc) is 2.90. The Morgan fingerprint density at radius 3 is 2.61 bits per heavy atom. The molecule has 7 nitrogen and oxygen atoms in total. The third kappa shape index (κ3) is 4.70. The summed E-state index contributed by atoms with van der Waals surface area (Å²) in [5, 5.41) is 5.97. The molecule has 124 valence electrons. The minimum Gasteiger partial charge on any atom is -0.493 e. The molecule has 0 unspecified atom stereocenters. The number of carbonyl (C=O) groups excluding carboxylic acids is 1. The Kier molecular flexibility index (Phi) is 5.56. The van der Waals surface area contributed by atoms with Crippen molar-refractivity contribution in [3.63, 3.8) is 0 Å². The Hall–Kier alpha value is -2.57. The van der Waals surface area contributed by atoms with Gasteiger partial charge in [-0.2, -0.15) is 5.10 Å². The van der Waals surface area contributed by atoms with Crippen LogP contribution in [0.2, 0.25) is 0 Å². The number of hydrogen-bond donors (Lipinski definition) is 2. The van der Waals surface area contributed by atoms with E-state index < -0.39 is 5.69 Å². The first-order valence-corrected chi connectivity index (χ1v) is 7.54. The predicted octanol–water partition coefficient (Wildman–Crippen LogP) is 1.18. The molecule has 0 radical (unpaired) electrons. The number of carbonyl (C=O) groups is 1. The molecule has 2 rings (SSSR count). The molecule has 0 atom stereocenters. The lowest BCUT2D eigenvalue weighted by Gasteiger charge is -2.17. The summed E-state index contributed by atoms with van der Waals surface area (Å²) in [5.41, 5.74) is 1.81. The van der Waals surface area contributed by atoms with Crippen molar-refractivity contribution < 1.29 is 9.53 Å². The van der Waals surface area contributed by atoms with E-state index in [1.165, 1.54) is 0 Å². The summed E-state index contributed by atoms with van der Waals surface area (Å²) in [6, 6.07) is 6.04. The normalized spacial score (nSPS) is 10.6. The van der Waals surface area contributed by atoms with Gasteiger partial charge in [-0.3, -0.25) is 9.78 Å². The van der Waals surface area contributed by atoms with Gasteiger partial charge in [-0.1, -0.05) is 18.2 Å². The molecule has 0 saturated heterocycles. The minimum absolute atomic E-state index is 0.0764. The summed E-state index contributed by atoms with van der Waals surface area (Å²) >= 11 is 0. The van der Waals surface area contributed by atoms with Crippen LogP contribution in [0, 0.1) is 13.8 Å². The van der Waals surface area contributed by atoms with Gasteiger partial charge in [0.1, 0.15) is 11.6 Å². The maximum absolute atomic E-state index is 12.0. The number of rotatable bonds is 7. The molecule has 0 bridgehead atoms. The second-order valence-corrected chi connectivity index (χ2v) is 5.54. The van der Waals surface area contributed by atoms with Gasteiger partial charge in [0.2, 0.25) is 5.91 Å². The molecule has 1 aromatic heterocycles. The molecule has 1 heterocycles. The van der Waals surface area contributed by atoms with Crippen molar-refractivity contribution in [1.82, 2.24) is 20.1 Å². The van der Waals surface area contributed by atoms with Crippen LogP contribution in [0.5, 0.6) is 5.75 Å². The summed E-state index contributed by atoms with van der Waals surface area (Å²) < 4.78 is 5.82. The van der Waals surface area contributed by atoms with Crippen LogP contribution in [0.4, 0.5) is 0 Å². The van der Waals surface area contributed by atoms with E-state index in [2.05, 4.69) is 15.2 Å². The van der Waals surface area contributed by atoms with Gasteiger partial charge in [0.05, 0.1) is 13.0 Å². The zero-order valence-corrected chi connectivity index (χ0v) is 13.7. The smallest absolute Gasteiger partial charge is 0.340 e. The fraction of sp³-hybridized carbons (Fsp3) is 0.438. The second-order valence-electron chi connectivity index (χ2n) is 5.54. The quantitative estimate of drug-likeness (QED) is 0.750. The Balaban J connectivity index is 1.75. The Morgan fingerprint density at radius 2 is 2.00 bits per heavy atom. The van der Waals surface area contributed by atoms with Gasteiger partial charge in [0, 0.05) is 13.6 Å². The summed E-state index contributed by atoms with van der Waals surface area (Å²) in [7, 11) is 1.73. The zero-order chi connectivity index (χ0) is 16.8. The number of ether oxygens (including phenoxy) is 1. The number of benzene rings is 1. The number of aromatic nitrogens is 3. The van der Waals surface area contributed by atoms with Crippen molar-refractivity contribution in [2.45, 2.75) is 26.7 Å². The molecule has 23 heavy (non-hydrogen) atoms. The summed E-state index contributed by atoms with van der Waals surface area (Å²) in [6.07, 6.45) is 0.806. The molecule has 2 aromatic rings. The van der Waals surface area contributed by atoms with Crippen LogP contribution in [0.25, 0.3) is 0 Å². The third-order valence-electron chi connectivity index (χ3n) is 3.59. The number of nitrogens with one attached hydrogen (secondary N) is 2. The molecule has 0 aliphatic heterocycles. The van der Waals surface area contributed by atoms with Crippen molar-refractivity contribution in [1.29, 1.82) is 0 Å². The van der Waals surface area contributed by atoms with Gasteiger partial charge in [0.25, 0.3) is 0 Å². The van der Waals surface area contributed by atoms with Gasteiger partial charge in [0.15, 0.2) is 0 Å². The second kappa shape index (κ2) is 7.62. The summed E-state index contributed by atoms with van der Waals surface area (Å²) in [6.45, 7) is 5.16. The molecule has 7 heteroatoms. The predicted molar refractivity (Wildman–Crippen MR) is 86.6 cm³/mol. The van der Waals surface area contributed by atoms with E-state index in [0.717, 1.165) is 23.3 Å². The summed E-state index contributed by atoms with van der Waals surface area (Å²) in [5.74, 6) is 1.16. The van der Waals surface area contributed by atoms with E-state index >= 15 is 0 Å². The number of hydrogen-bond acceptors (Lipinski definition) is 4. The van der Waals surface area contributed by atoms with Crippen LogP contribution in [0.15, 0.2) is 23.0 Å². The lowest BCUT2D eigenvalue weighted by molar-refractivity contribution is -0.129. The van der Waals surface area contributed by atoms with Crippen molar-refractivity contribution >= 4 is 5.91 Å². The van der Waals surface area contributed by atoms with Crippen LogP contribution in [0.1, 0.15) is 23.4 Å². The Morgan fingerprint density at radius 1 is 1.30 bits per heavy atom. The molecular formula is C16H22N4O3. The molecule has 0 spiro atoms. The number of nitrogens with zero attached hydrogens (tertiary/aromatic N) is 2. The lowest BCUT2D eigenvalue weighted by Crippen LogP contribution is -2.30. The fourth-order valence-electron chi connectivity index (χ4n) is 2.29. The SMILES string of the molecule is Cc1cccc(C)c1OCCCN(C)C(=O)Cc1n[nH]c(=O)[nH]1. The highest BCUT2D eigenvalue weighted by molar-refractivity contribution is 5.77. The van der Waals surface area contributed by atoms with E-state index in [0.29, 0.717) is 19.0 Å². The molecule has 0 fully saturated rings. The molecule has 1 amide bonds. The minimum atomic E-state index is -0.405. The van der Waals surface area contributed by atoms with Crippen LogP contribution in [0.3, 0.4) is 0 Å². The molecule has 1 aromatic carbocycles. The van der Waals surface area contributed by atoms with E-state index in [9.17, 15) is 9.59 Å². The molecule has 2 N–H and O–H groups in total. The maximum atomic E-state index is 12.0. The first-order chi connectivity index (χ1) is 11.0. The monoisotopic (exact) mass is 318 g/mol. The van der Waals surface area contributed by atoms with Crippen LogP contribution in [-0.2, 0) is 11.2 Å². The standard InChI is InChI=1S/C16H22N4O3/c1-11-6-4-7-12(2)15(11)23-9-5-8-20(3)14(21)10-13-17-16(22)19-18-13/h4,6-7H,5,8-10H2,1-3H3,(H2,17,18,19,22). The zero-order valence-electron chi connectivity index (χ0n) is 13.7.